The molecule has 0 fully saturated rings. The van der Waals surface area contributed by atoms with Crippen molar-refractivity contribution in [2.75, 3.05) is 36.0 Å². The predicted molar refractivity (Wildman–Crippen MR) is 150 cm³/mol. The van der Waals surface area contributed by atoms with Gasteiger partial charge < -0.3 is 9.80 Å². The van der Waals surface area contributed by atoms with Crippen LogP contribution >= 0.6 is 0 Å². The van der Waals surface area contributed by atoms with Crippen LogP contribution in [0.1, 0.15) is 64.5 Å². The average Bonchev–Trinajstić information content (AvgIpc) is 2.88. The molecule has 0 N–H and O–H groups in total. The van der Waals surface area contributed by atoms with Crippen molar-refractivity contribution in [3.63, 3.8) is 0 Å². The minimum Gasteiger partial charge on any atom is -0.372 e. The van der Waals surface area contributed by atoms with E-state index in [9.17, 15) is 0 Å². The lowest BCUT2D eigenvalue weighted by Gasteiger charge is -2.24. The first-order chi connectivity index (χ1) is 16.7. The van der Waals surface area contributed by atoms with Gasteiger partial charge in [0.2, 0.25) is 0 Å². The van der Waals surface area contributed by atoms with Crippen molar-refractivity contribution < 1.29 is 0 Å². The molecule has 3 aromatic rings. The Morgan fingerprint density at radius 2 is 0.912 bits per heavy atom. The van der Waals surface area contributed by atoms with Crippen molar-refractivity contribution in [3.05, 3.63) is 90.0 Å². The molecule has 3 nitrogen and oxygen atoms in total. The first kappa shape index (κ1) is 25.6. The third-order valence-electron chi connectivity index (χ3n) is 5.98. The summed E-state index contributed by atoms with van der Waals surface area (Å²) in [4.78, 5) is 10.0. The summed E-state index contributed by atoms with van der Waals surface area (Å²) >= 11 is 0. The molecule has 3 aromatic carbocycles. The van der Waals surface area contributed by atoms with Gasteiger partial charge in [0.05, 0.1) is 11.4 Å². The van der Waals surface area contributed by atoms with Gasteiger partial charge in [-0.25, -0.2) is 4.99 Å². The maximum atomic E-state index is 5.08. The summed E-state index contributed by atoms with van der Waals surface area (Å²) in [5.41, 5.74) is 6.86. The zero-order valence-corrected chi connectivity index (χ0v) is 21.5. The quantitative estimate of drug-likeness (QED) is 0.242. The lowest BCUT2D eigenvalue weighted by molar-refractivity contribution is 0.745. The lowest BCUT2D eigenvalue weighted by Crippen LogP contribution is -2.25. The van der Waals surface area contributed by atoms with Gasteiger partial charge in [-0.3, -0.25) is 0 Å². The summed E-state index contributed by atoms with van der Waals surface area (Å²) in [5.74, 6) is 0. The Bertz CT molecular complexity index is 918. The summed E-state index contributed by atoms with van der Waals surface area (Å²) in [6.45, 7) is 13.3. The molecular weight excluding hydrogens is 414 g/mol. The highest BCUT2D eigenvalue weighted by Crippen LogP contribution is 2.24. The third kappa shape index (κ3) is 6.96. The van der Waals surface area contributed by atoms with Crippen LogP contribution < -0.4 is 9.80 Å². The van der Waals surface area contributed by atoms with E-state index in [1.165, 1.54) is 11.4 Å². The van der Waals surface area contributed by atoms with Gasteiger partial charge in [-0.2, -0.15) is 0 Å². The van der Waals surface area contributed by atoms with Gasteiger partial charge in [-0.05, 0) is 62.1 Å². The first-order valence-electron chi connectivity index (χ1n) is 13.0. The van der Waals surface area contributed by atoms with Crippen LogP contribution in [0.5, 0.6) is 0 Å². The van der Waals surface area contributed by atoms with Crippen LogP contribution in [0, 0.1) is 0 Å². The molecule has 0 spiro atoms. The van der Waals surface area contributed by atoms with Crippen molar-refractivity contribution in [2.24, 2.45) is 4.99 Å². The van der Waals surface area contributed by atoms with Crippen LogP contribution in [-0.2, 0) is 0 Å². The van der Waals surface area contributed by atoms with Crippen LogP contribution in [0.25, 0.3) is 0 Å². The SMILES string of the molecule is CCCN(CCC)c1ccc(C(=Nc2ccccc2)c2ccc(N(CCC)CCC)cc2)cc1. The van der Waals surface area contributed by atoms with E-state index in [1.807, 2.05) is 18.2 Å². The summed E-state index contributed by atoms with van der Waals surface area (Å²) in [6, 6.07) is 28.2. The van der Waals surface area contributed by atoms with Crippen molar-refractivity contribution in [2.45, 2.75) is 53.4 Å². The van der Waals surface area contributed by atoms with Crippen molar-refractivity contribution in [1.82, 2.24) is 0 Å². The first-order valence-corrected chi connectivity index (χ1v) is 13.0. The summed E-state index contributed by atoms with van der Waals surface area (Å²) in [6.07, 6.45) is 4.62. The summed E-state index contributed by atoms with van der Waals surface area (Å²) < 4.78 is 0. The fraction of sp³-hybridized carbons (Fsp3) is 0.387. The van der Waals surface area contributed by atoms with Gasteiger partial charge in [0, 0.05) is 48.7 Å². The molecule has 0 amide bonds. The van der Waals surface area contributed by atoms with Gasteiger partial charge in [-0.15, -0.1) is 0 Å². The van der Waals surface area contributed by atoms with Gasteiger partial charge in [-0.1, -0.05) is 70.2 Å². The molecule has 0 heterocycles. The minimum absolute atomic E-state index is 0.975. The number of benzene rings is 3. The molecule has 3 rings (SSSR count). The van der Waals surface area contributed by atoms with Crippen LogP contribution in [0.3, 0.4) is 0 Å². The Kier molecular flexibility index (Phi) is 10.2. The van der Waals surface area contributed by atoms with Crippen molar-refractivity contribution in [1.29, 1.82) is 0 Å². The van der Waals surface area contributed by atoms with E-state index >= 15 is 0 Å². The van der Waals surface area contributed by atoms with Crippen LogP contribution in [-0.4, -0.2) is 31.9 Å². The van der Waals surface area contributed by atoms with E-state index in [0.29, 0.717) is 0 Å². The number of para-hydroxylation sites is 1. The number of hydrogen-bond acceptors (Lipinski definition) is 3. The van der Waals surface area contributed by atoms with E-state index < -0.39 is 0 Å². The average molecular weight is 456 g/mol. The van der Waals surface area contributed by atoms with Crippen molar-refractivity contribution in [3.8, 4) is 0 Å². The molecule has 0 aliphatic rings. The normalized spacial score (nSPS) is 10.7. The highest BCUT2D eigenvalue weighted by atomic mass is 15.1. The van der Waals surface area contributed by atoms with E-state index in [-0.39, 0.29) is 0 Å². The Hall–Kier alpha value is -3.07. The van der Waals surface area contributed by atoms with Gasteiger partial charge in [0.15, 0.2) is 0 Å². The molecule has 0 saturated carbocycles. The predicted octanol–water partition coefficient (Wildman–Crippen LogP) is 8.11. The molecule has 180 valence electrons. The molecule has 0 bridgehead atoms. The standard InChI is InChI=1S/C31H41N3/c1-5-22-33(23-6-2)29-18-14-26(15-19-29)31(32-28-12-10-9-11-13-28)27-16-20-30(21-17-27)34(24-7-3)25-8-4/h9-21H,5-8,22-25H2,1-4H3. The number of anilines is 2. The molecule has 0 aliphatic heterocycles. The van der Waals surface area contributed by atoms with E-state index in [1.54, 1.807) is 0 Å². The summed E-state index contributed by atoms with van der Waals surface area (Å²) in [5, 5.41) is 0. The third-order valence-corrected chi connectivity index (χ3v) is 5.98. The molecule has 0 radical (unpaired) electrons. The van der Waals surface area contributed by atoms with Crippen LogP contribution in [0.2, 0.25) is 0 Å². The second-order valence-corrected chi connectivity index (χ2v) is 8.86. The number of rotatable bonds is 13. The summed E-state index contributed by atoms with van der Waals surface area (Å²) in [7, 11) is 0. The Balaban J connectivity index is 1.96. The topological polar surface area (TPSA) is 18.8 Å². The Labute approximate surface area is 207 Å². The lowest BCUT2D eigenvalue weighted by atomic mass is 10.0. The number of aliphatic imine (C=N–C) groups is 1. The smallest absolute Gasteiger partial charge is 0.0781 e. The van der Waals surface area contributed by atoms with E-state index in [0.717, 1.165) is 74.4 Å². The Morgan fingerprint density at radius 3 is 1.26 bits per heavy atom. The van der Waals surface area contributed by atoms with Gasteiger partial charge >= 0.3 is 0 Å². The second kappa shape index (κ2) is 13.6. The van der Waals surface area contributed by atoms with Gasteiger partial charge in [0.25, 0.3) is 0 Å². The molecule has 0 aliphatic carbocycles. The monoisotopic (exact) mass is 455 g/mol. The fourth-order valence-corrected chi connectivity index (χ4v) is 4.41. The van der Waals surface area contributed by atoms with E-state index in [4.69, 9.17) is 4.99 Å². The maximum absolute atomic E-state index is 5.08. The minimum atomic E-state index is 0.975. The van der Waals surface area contributed by atoms with E-state index in [2.05, 4.69) is 98.2 Å². The molecule has 0 aromatic heterocycles. The zero-order valence-electron chi connectivity index (χ0n) is 21.5. The fourth-order valence-electron chi connectivity index (χ4n) is 4.41. The maximum Gasteiger partial charge on any atom is 0.0781 e. The highest BCUT2D eigenvalue weighted by molar-refractivity contribution is 6.14. The number of hydrogen-bond donors (Lipinski definition) is 0. The van der Waals surface area contributed by atoms with Gasteiger partial charge in [0.1, 0.15) is 0 Å². The zero-order chi connectivity index (χ0) is 24.2. The highest BCUT2D eigenvalue weighted by Gasteiger charge is 2.12. The molecule has 3 heteroatoms. The second-order valence-electron chi connectivity index (χ2n) is 8.86. The Morgan fingerprint density at radius 1 is 0.529 bits per heavy atom. The van der Waals surface area contributed by atoms with Crippen LogP contribution in [0.15, 0.2) is 83.9 Å². The van der Waals surface area contributed by atoms with Crippen LogP contribution in [0.4, 0.5) is 17.1 Å². The number of nitrogens with zero attached hydrogens (tertiary/aromatic N) is 3. The molecule has 0 saturated heterocycles. The largest absolute Gasteiger partial charge is 0.372 e. The molecule has 0 atom stereocenters. The van der Waals surface area contributed by atoms with Crippen molar-refractivity contribution >= 4 is 22.8 Å². The molecule has 0 unspecified atom stereocenters. The molecular formula is C31H41N3. The molecule has 34 heavy (non-hydrogen) atoms.